The summed E-state index contributed by atoms with van der Waals surface area (Å²) in [7, 11) is 1.68. The van der Waals surface area contributed by atoms with Gasteiger partial charge in [0.05, 0.1) is 12.5 Å². The summed E-state index contributed by atoms with van der Waals surface area (Å²) in [6, 6.07) is 8.08. The first-order chi connectivity index (χ1) is 9.13. The lowest BCUT2D eigenvalue weighted by Gasteiger charge is -2.28. The number of rotatable bonds is 3. The molecule has 0 heterocycles. The molecule has 0 bridgehead atoms. The van der Waals surface area contributed by atoms with E-state index in [1.54, 1.807) is 7.05 Å². The minimum Gasteiger partial charge on any atom is -0.409 e. The van der Waals surface area contributed by atoms with Gasteiger partial charge in [0, 0.05) is 7.05 Å². The number of likely N-dealkylation sites (N-methyl/N-ethyl adjacent to an activating group) is 1. The molecular weight excluding hydrogens is 242 g/mol. The second kappa shape index (κ2) is 5.73. The number of aryl methyl sites for hydroxylation is 1. The van der Waals surface area contributed by atoms with E-state index < -0.39 is 0 Å². The number of carbonyl (C=O) groups is 1. The van der Waals surface area contributed by atoms with Crippen LogP contribution >= 0.6 is 0 Å². The fraction of sp³-hybridized carbons (Fsp3) is 0.429. The highest BCUT2D eigenvalue weighted by Gasteiger charge is 2.28. The van der Waals surface area contributed by atoms with Crippen LogP contribution < -0.4 is 5.73 Å². The van der Waals surface area contributed by atoms with Gasteiger partial charge in [-0.25, -0.2) is 0 Å². The summed E-state index contributed by atoms with van der Waals surface area (Å²) in [5.74, 6) is -0.0415. The van der Waals surface area contributed by atoms with Crippen molar-refractivity contribution in [2.75, 3.05) is 13.6 Å². The van der Waals surface area contributed by atoms with E-state index in [0.29, 0.717) is 0 Å². The van der Waals surface area contributed by atoms with E-state index >= 15 is 0 Å². The summed E-state index contributed by atoms with van der Waals surface area (Å²) >= 11 is 0. The number of nitrogens with zero attached hydrogens (tertiary/aromatic N) is 2. The van der Waals surface area contributed by atoms with Gasteiger partial charge in [-0.15, -0.1) is 0 Å². The quantitative estimate of drug-likeness (QED) is 0.373. The van der Waals surface area contributed by atoms with Crippen molar-refractivity contribution in [3.05, 3.63) is 35.4 Å². The lowest BCUT2D eigenvalue weighted by atomic mass is 9.82. The summed E-state index contributed by atoms with van der Waals surface area (Å²) in [4.78, 5) is 14.0. The van der Waals surface area contributed by atoms with Crippen LogP contribution in [0.4, 0.5) is 0 Å². The van der Waals surface area contributed by atoms with Crippen molar-refractivity contribution in [1.29, 1.82) is 0 Å². The summed E-state index contributed by atoms with van der Waals surface area (Å²) in [5, 5.41) is 11.5. The molecule has 1 aromatic rings. The van der Waals surface area contributed by atoms with E-state index in [-0.39, 0.29) is 24.2 Å². The molecule has 0 aliphatic heterocycles. The highest BCUT2D eigenvalue weighted by molar-refractivity contribution is 5.90. The lowest BCUT2D eigenvalue weighted by molar-refractivity contribution is -0.131. The van der Waals surface area contributed by atoms with Crippen LogP contribution in [-0.4, -0.2) is 35.4 Å². The SMILES string of the molecule is CN(CC(N)=NO)C(=O)C1CCCc2ccccc21. The molecule has 1 atom stereocenters. The van der Waals surface area contributed by atoms with Crippen LogP contribution in [0.1, 0.15) is 29.9 Å². The maximum atomic E-state index is 12.4. The Bertz CT molecular complexity index is 499. The Morgan fingerprint density at radius 1 is 1.53 bits per heavy atom. The normalized spacial score (nSPS) is 18.8. The van der Waals surface area contributed by atoms with Gasteiger partial charge in [0.25, 0.3) is 0 Å². The molecule has 0 fully saturated rings. The fourth-order valence-corrected chi connectivity index (χ4v) is 2.63. The highest BCUT2D eigenvalue weighted by Crippen LogP contribution is 2.32. The maximum absolute atomic E-state index is 12.4. The second-order valence-electron chi connectivity index (χ2n) is 4.93. The predicted molar refractivity (Wildman–Crippen MR) is 73.2 cm³/mol. The molecule has 2 rings (SSSR count). The molecule has 0 saturated carbocycles. The van der Waals surface area contributed by atoms with Crippen LogP contribution in [0.25, 0.3) is 0 Å². The number of hydrogen-bond acceptors (Lipinski definition) is 3. The van der Waals surface area contributed by atoms with Crippen molar-refractivity contribution < 1.29 is 10.0 Å². The first-order valence-electron chi connectivity index (χ1n) is 6.42. The monoisotopic (exact) mass is 261 g/mol. The van der Waals surface area contributed by atoms with Crippen molar-refractivity contribution >= 4 is 11.7 Å². The third-order valence-corrected chi connectivity index (χ3v) is 3.57. The summed E-state index contributed by atoms with van der Waals surface area (Å²) in [6.45, 7) is 0.147. The number of benzene rings is 1. The molecule has 1 unspecified atom stereocenters. The van der Waals surface area contributed by atoms with Gasteiger partial charge in [0.15, 0.2) is 5.84 Å². The zero-order valence-corrected chi connectivity index (χ0v) is 11.0. The zero-order valence-electron chi connectivity index (χ0n) is 11.0. The number of carbonyl (C=O) groups excluding carboxylic acids is 1. The average Bonchev–Trinajstić information content (AvgIpc) is 2.45. The molecule has 1 amide bonds. The molecule has 102 valence electrons. The Balaban J connectivity index is 2.17. The van der Waals surface area contributed by atoms with Gasteiger partial charge in [0.2, 0.25) is 5.91 Å². The van der Waals surface area contributed by atoms with Crippen LogP contribution in [0.3, 0.4) is 0 Å². The first kappa shape index (κ1) is 13.4. The standard InChI is InChI=1S/C14H19N3O2/c1-17(9-13(15)16-19)14(18)12-8-4-6-10-5-2-3-7-11(10)12/h2-3,5,7,12,19H,4,6,8-9H2,1H3,(H2,15,16). The Hall–Kier alpha value is -2.04. The third-order valence-electron chi connectivity index (χ3n) is 3.57. The first-order valence-corrected chi connectivity index (χ1v) is 6.42. The molecule has 0 radical (unpaired) electrons. The van der Waals surface area contributed by atoms with Gasteiger partial charge in [-0.2, -0.15) is 0 Å². The van der Waals surface area contributed by atoms with Crippen LogP contribution in [0.15, 0.2) is 29.4 Å². The fourth-order valence-electron chi connectivity index (χ4n) is 2.63. The predicted octanol–water partition coefficient (Wildman–Crippen LogP) is 1.31. The van der Waals surface area contributed by atoms with Crippen molar-refractivity contribution in [2.45, 2.75) is 25.2 Å². The van der Waals surface area contributed by atoms with Gasteiger partial charge >= 0.3 is 0 Å². The molecule has 3 N–H and O–H groups in total. The minimum absolute atomic E-state index is 0.0266. The molecule has 0 spiro atoms. The highest BCUT2D eigenvalue weighted by atomic mass is 16.4. The van der Waals surface area contributed by atoms with Crippen LogP contribution in [0.5, 0.6) is 0 Å². The summed E-state index contributed by atoms with van der Waals surface area (Å²) in [6.07, 6.45) is 2.91. The number of amidine groups is 1. The number of hydrogen-bond donors (Lipinski definition) is 2. The van der Waals surface area contributed by atoms with E-state index in [9.17, 15) is 4.79 Å². The molecule has 19 heavy (non-hydrogen) atoms. The van der Waals surface area contributed by atoms with Gasteiger partial charge in [-0.1, -0.05) is 29.4 Å². The van der Waals surface area contributed by atoms with Crippen LogP contribution in [0.2, 0.25) is 0 Å². The van der Waals surface area contributed by atoms with Gasteiger partial charge in [0.1, 0.15) is 0 Å². The largest absolute Gasteiger partial charge is 0.409 e. The molecular formula is C14H19N3O2. The smallest absolute Gasteiger partial charge is 0.230 e. The van der Waals surface area contributed by atoms with Gasteiger partial charge in [-0.3, -0.25) is 4.79 Å². The third kappa shape index (κ3) is 2.86. The number of nitrogens with two attached hydrogens (primary N) is 1. The second-order valence-corrected chi connectivity index (χ2v) is 4.93. The Kier molecular flexibility index (Phi) is 4.04. The van der Waals surface area contributed by atoms with E-state index in [1.165, 1.54) is 10.5 Å². The average molecular weight is 261 g/mol. The Morgan fingerprint density at radius 3 is 3.00 bits per heavy atom. The summed E-state index contributed by atoms with van der Waals surface area (Å²) in [5.41, 5.74) is 7.81. The molecule has 1 aliphatic rings. The summed E-state index contributed by atoms with van der Waals surface area (Å²) < 4.78 is 0. The van der Waals surface area contributed by atoms with Crippen molar-refractivity contribution in [1.82, 2.24) is 4.90 Å². The minimum atomic E-state index is -0.110. The van der Waals surface area contributed by atoms with Crippen molar-refractivity contribution in [3.63, 3.8) is 0 Å². The van der Waals surface area contributed by atoms with E-state index in [2.05, 4.69) is 11.2 Å². The van der Waals surface area contributed by atoms with E-state index in [0.717, 1.165) is 24.8 Å². The lowest BCUT2D eigenvalue weighted by Crippen LogP contribution is -2.39. The Labute approximate surface area is 112 Å². The molecule has 5 heteroatoms. The van der Waals surface area contributed by atoms with Gasteiger partial charge in [-0.05, 0) is 30.4 Å². The number of oxime groups is 1. The number of amides is 1. The molecule has 5 nitrogen and oxygen atoms in total. The van der Waals surface area contributed by atoms with Gasteiger partial charge < -0.3 is 15.8 Å². The molecule has 0 saturated heterocycles. The molecule has 0 aromatic heterocycles. The van der Waals surface area contributed by atoms with Crippen LogP contribution in [-0.2, 0) is 11.2 Å². The van der Waals surface area contributed by atoms with E-state index in [1.807, 2.05) is 18.2 Å². The Morgan fingerprint density at radius 2 is 2.26 bits per heavy atom. The number of fused-ring (bicyclic) bond motifs is 1. The van der Waals surface area contributed by atoms with E-state index in [4.69, 9.17) is 10.9 Å². The van der Waals surface area contributed by atoms with Crippen LogP contribution in [0, 0.1) is 0 Å². The maximum Gasteiger partial charge on any atom is 0.230 e. The van der Waals surface area contributed by atoms with Crippen molar-refractivity contribution in [2.24, 2.45) is 10.9 Å². The zero-order chi connectivity index (χ0) is 13.8. The molecule has 1 aromatic carbocycles. The topological polar surface area (TPSA) is 78.9 Å². The molecule has 1 aliphatic carbocycles. The van der Waals surface area contributed by atoms with Crippen molar-refractivity contribution in [3.8, 4) is 0 Å².